The van der Waals surface area contributed by atoms with Crippen molar-refractivity contribution in [3.8, 4) is 5.75 Å². The number of thioether (sulfide) groups is 1. The molecule has 0 saturated carbocycles. The molecule has 3 aromatic rings. The second-order valence-electron chi connectivity index (χ2n) is 7.44. The lowest BCUT2D eigenvalue weighted by molar-refractivity contribution is 0.414. The fraction of sp³-hybridized carbons (Fsp3) is 0.333. The molecule has 5 nitrogen and oxygen atoms in total. The van der Waals surface area contributed by atoms with Crippen LogP contribution in [0.15, 0.2) is 58.5 Å². The molecule has 2 aromatic carbocycles. The molecule has 0 spiro atoms. The van der Waals surface area contributed by atoms with Gasteiger partial charge in [0.25, 0.3) is 5.56 Å². The van der Waals surface area contributed by atoms with E-state index >= 15 is 0 Å². The molecular weight excluding hydrogens is 394 g/mol. The van der Waals surface area contributed by atoms with Gasteiger partial charge in [-0.05, 0) is 48.6 Å². The molecule has 1 aliphatic rings. The standard InChI is InChI=1S/C24H27N3O2S/c1-3-20-21(15-27-14-6-8-18-7-4-5-9-22(18)27)25-24(26-23(20)28)30-16-17-10-12-19(29-2)13-11-17/h4-5,7,9-13H,3,6,8,14-16H2,1-2H3,(H,25,26,28). The quantitative estimate of drug-likeness (QED) is 0.447. The van der Waals surface area contributed by atoms with E-state index in [0.717, 1.165) is 47.7 Å². The van der Waals surface area contributed by atoms with Crippen LogP contribution in [0.3, 0.4) is 0 Å². The predicted molar refractivity (Wildman–Crippen MR) is 123 cm³/mol. The van der Waals surface area contributed by atoms with Crippen molar-refractivity contribution >= 4 is 17.4 Å². The highest BCUT2D eigenvalue weighted by Crippen LogP contribution is 2.28. The van der Waals surface area contributed by atoms with Gasteiger partial charge >= 0.3 is 0 Å². The van der Waals surface area contributed by atoms with Crippen molar-refractivity contribution in [1.82, 2.24) is 9.97 Å². The number of rotatable bonds is 7. The maximum atomic E-state index is 12.7. The number of nitrogens with one attached hydrogen (secondary N) is 1. The molecule has 0 unspecified atom stereocenters. The number of hydrogen-bond acceptors (Lipinski definition) is 5. The van der Waals surface area contributed by atoms with Crippen LogP contribution in [0.2, 0.25) is 0 Å². The Balaban J connectivity index is 1.55. The lowest BCUT2D eigenvalue weighted by Crippen LogP contribution is -2.31. The zero-order valence-corrected chi connectivity index (χ0v) is 18.3. The van der Waals surface area contributed by atoms with E-state index in [1.165, 1.54) is 11.3 Å². The van der Waals surface area contributed by atoms with Gasteiger partial charge in [0.1, 0.15) is 5.75 Å². The lowest BCUT2D eigenvalue weighted by atomic mass is 10.0. The van der Waals surface area contributed by atoms with E-state index in [2.05, 4.69) is 34.1 Å². The largest absolute Gasteiger partial charge is 0.497 e. The molecule has 156 valence electrons. The first-order chi connectivity index (χ1) is 14.7. The van der Waals surface area contributed by atoms with Crippen molar-refractivity contribution in [1.29, 1.82) is 0 Å². The monoisotopic (exact) mass is 421 g/mol. The number of H-pyrrole nitrogens is 1. The first kappa shape index (κ1) is 20.5. The summed E-state index contributed by atoms with van der Waals surface area (Å²) in [6.07, 6.45) is 2.91. The van der Waals surface area contributed by atoms with Crippen molar-refractivity contribution in [3.63, 3.8) is 0 Å². The molecule has 30 heavy (non-hydrogen) atoms. The highest BCUT2D eigenvalue weighted by molar-refractivity contribution is 7.98. The number of aryl methyl sites for hydroxylation is 1. The second-order valence-corrected chi connectivity index (χ2v) is 8.40. The number of nitrogens with zero attached hydrogens (tertiary/aromatic N) is 2. The number of aromatic nitrogens is 2. The minimum absolute atomic E-state index is 0.0231. The van der Waals surface area contributed by atoms with Crippen LogP contribution in [0.1, 0.15) is 35.7 Å². The molecule has 1 aromatic heterocycles. The van der Waals surface area contributed by atoms with E-state index in [1.807, 2.05) is 31.2 Å². The first-order valence-corrected chi connectivity index (χ1v) is 11.4. The average Bonchev–Trinajstić information content (AvgIpc) is 2.78. The van der Waals surface area contributed by atoms with E-state index in [9.17, 15) is 4.79 Å². The molecule has 4 rings (SSSR count). The summed E-state index contributed by atoms with van der Waals surface area (Å²) in [6.45, 7) is 3.67. The number of methoxy groups -OCH3 is 1. The molecular formula is C24H27N3O2S. The average molecular weight is 422 g/mol. The van der Waals surface area contributed by atoms with Crippen LogP contribution in [0, 0.1) is 0 Å². The smallest absolute Gasteiger partial charge is 0.255 e. The number of anilines is 1. The Hall–Kier alpha value is -2.73. The van der Waals surface area contributed by atoms with Crippen LogP contribution >= 0.6 is 11.8 Å². The molecule has 0 aliphatic carbocycles. The van der Waals surface area contributed by atoms with Gasteiger partial charge in [0.05, 0.1) is 19.3 Å². The number of fused-ring (bicyclic) bond motifs is 1. The third kappa shape index (κ3) is 4.54. The second kappa shape index (κ2) is 9.39. The van der Waals surface area contributed by atoms with E-state index in [0.29, 0.717) is 18.1 Å². The maximum absolute atomic E-state index is 12.7. The van der Waals surface area contributed by atoms with Gasteiger partial charge in [0.2, 0.25) is 0 Å². The molecule has 0 bridgehead atoms. The zero-order chi connectivity index (χ0) is 20.9. The van der Waals surface area contributed by atoms with E-state index < -0.39 is 0 Å². The summed E-state index contributed by atoms with van der Waals surface area (Å²) in [5.74, 6) is 1.58. The molecule has 1 N–H and O–H groups in total. The Morgan fingerprint density at radius 2 is 1.97 bits per heavy atom. The van der Waals surface area contributed by atoms with Gasteiger partial charge in [-0.15, -0.1) is 0 Å². The van der Waals surface area contributed by atoms with Gasteiger partial charge in [0.15, 0.2) is 5.16 Å². The third-order valence-electron chi connectivity index (χ3n) is 5.51. The van der Waals surface area contributed by atoms with E-state index in [-0.39, 0.29) is 5.56 Å². The Morgan fingerprint density at radius 3 is 2.73 bits per heavy atom. The molecule has 0 fully saturated rings. The number of aromatic amines is 1. The van der Waals surface area contributed by atoms with Crippen molar-refractivity contribution < 1.29 is 4.74 Å². The highest BCUT2D eigenvalue weighted by atomic mass is 32.2. The van der Waals surface area contributed by atoms with Crippen molar-refractivity contribution in [3.05, 3.63) is 81.3 Å². The number of para-hydroxylation sites is 1. The summed E-state index contributed by atoms with van der Waals surface area (Å²) in [5.41, 5.74) is 5.45. The summed E-state index contributed by atoms with van der Waals surface area (Å²) in [5, 5.41) is 0.674. The molecule has 2 heterocycles. The fourth-order valence-corrected chi connectivity index (χ4v) is 4.75. The van der Waals surface area contributed by atoms with Crippen LogP contribution in [-0.2, 0) is 25.1 Å². The van der Waals surface area contributed by atoms with Crippen molar-refractivity contribution in [2.45, 2.75) is 43.6 Å². The van der Waals surface area contributed by atoms with E-state index in [1.54, 1.807) is 18.9 Å². The summed E-state index contributed by atoms with van der Waals surface area (Å²) < 4.78 is 5.21. The Labute approximate surface area is 181 Å². The van der Waals surface area contributed by atoms with Crippen LogP contribution in [-0.4, -0.2) is 23.6 Å². The molecule has 6 heteroatoms. The first-order valence-electron chi connectivity index (χ1n) is 10.4. The summed E-state index contributed by atoms with van der Waals surface area (Å²) in [7, 11) is 1.66. The number of hydrogen-bond donors (Lipinski definition) is 1. The Morgan fingerprint density at radius 1 is 1.17 bits per heavy atom. The molecule has 1 aliphatic heterocycles. The lowest BCUT2D eigenvalue weighted by Gasteiger charge is -2.31. The normalized spacial score (nSPS) is 13.2. The van der Waals surface area contributed by atoms with Crippen LogP contribution in [0.4, 0.5) is 5.69 Å². The highest BCUT2D eigenvalue weighted by Gasteiger charge is 2.19. The number of benzene rings is 2. The van der Waals surface area contributed by atoms with Gasteiger partial charge in [0, 0.05) is 23.5 Å². The van der Waals surface area contributed by atoms with Crippen LogP contribution in [0.5, 0.6) is 5.75 Å². The summed E-state index contributed by atoms with van der Waals surface area (Å²) in [4.78, 5) is 22.9. The van der Waals surface area contributed by atoms with Gasteiger partial charge in [-0.2, -0.15) is 0 Å². The minimum Gasteiger partial charge on any atom is -0.497 e. The van der Waals surface area contributed by atoms with Crippen molar-refractivity contribution in [2.75, 3.05) is 18.6 Å². The zero-order valence-electron chi connectivity index (χ0n) is 17.5. The van der Waals surface area contributed by atoms with Crippen LogP contribution < -0.4 is 15.2 Å². The predicted octanol–water partition coefficient (Wildman–Crippen LogP) is 4.59. The molecule has 0 saturated heterocycles. The van der Waals surface area contributed by atoms with Crippen LogP contribution in [0.25, 0.3) is 0 Å². The fourth-order valence-electron chi connectivity index (χ4n) is 3.92. The number of ether oxygens (including phenoxy) is 1. The van der Waals surface area contributed by atoms with Gasteiger partial charge < -0.3 is 14.6 Å². The SMILES string of the molecule is CCc1c(CN2CCCc3ccccc32)nc(SCc2ccc(OC)cc2)[nH]c1=O. The van der Waals surface area contributed by atoms with Gasteiger partial charge in [-0.3, -0.25) is 4.79 Å². The van der Waals surface area contributed by atoms with Gasteiger partial charge in [-0.25, -0.2) is 4.98 Å². The molecule has 0 atom stereocenters. The van der Waals surface area contributed by atoms with E-state index in [4.69, 9.17) is 9.72 Å². The summed E-state index contributed by atoms with van der Waals surface area (Å²) in [6, 6.07) is 16.5. The third-order valence-corrected chi connectivity index (χ3v) is 6.46. The topological polar surface area (TPSA) is 58.2 Å². The summed E-state index contributed by atoms with van der Waals surface area (Å²) >= 11 is 1.56. The Kier molecular flexibility index (Phi) is 6.43. The van der Waals surface area contributed by atoms with Crippen molar-refractivity contribution in [2.24, 2.45) is 0 Å². The maximum Gasteiger partial charge on any atom is 0.255 e. The molecule has 0 radical (unpaired) electrons. The minimum atomic E-state index is -0.0231. The molecule has 0 amide bonds. The van der Waals surface area contributed by atoms with Gasteiger partial charge in [-0.1, -0.05) is 49.0 Å². The Bertz CT molecular complexity index is 1060.